The number of nitrogens with zero attached hydrogens (tertiary/aromatic N) is 1. The first kappa shape index (κ1) is 17.0. The van der Waals surface area contributed by atoms with Crippen LogP contribution in [0.25, 0.3) is 36.9 Å². The average Bonchev–Trinajstić information content (AvgIpc) is 3.16. The lowest BCUT2D eigenvalue weighted by Crippen LogP contribution is -2.18. The van der Waals surface area contributed by atoms with Crippen LogP contribution in [-0.2, 0) is 5.60 Å². The van der Waals surface area contributed by atoms with Crippen LogP contribution >= 0.6 is 27.3 Å². The number of halogens is 1. The van der Waals surface area contributed by atoms with Crippen molar-refractivity contribution in [2.45, 2.75) is 19.4 Å². The van der Waals surface area contributed by atoms with Gasteiger partial charge in [-0.05, 0) is 44.2 Å². The summed E-state index contributed by atoms with van der Waals surface area (Å²) in [7, 11) is 0. The van der Waals surface area contributed by atoms with Crippen molar-refractivity contribution in [3.63, 3.8) is 0 Å². The minimum atomic E-state index is -0.956. The zero-order chi connectivity index (χ0) is 18.8. The third-order valence-corrected chi connectivity index (χ3v) is 6.73. The van der Waals surface area contributed by atoms with Crippen molar-refractivity contribution in [3.05, 3.63) is 76.8 Å². The quantitative estimate of drug-likeness (QED) is 0.317. The van der Waals surface area contributed by atoms with Gasteiger partial charge in [-0.2, -0.15) is 0 Å². The molecule has 2 nitrogen and oxygen atoms in total. The number of fused-ring (bicyclic) bond motifs is 5. The van der Waals surface area contributed by atoms with Crippen molar-refractivity contribution in [3.8, 4) is 5.69 Å². The molecule has 2 aromatic heterocycles. The Morgan fingerprint density at radius 3 is 2.41 bits per heavy atom. The van der Waals surface area contributed by atoms with Gasteiger partial charge in [-0.1, -0.05) is 52.3 Å². The molecular weight excluding hydrogens is 418 g/mol. The lowest BCUT2D eigenvalue weighted by Gasteiger charge is -2.23. The van der Waals surface area contributed by atoms with Crippen LogP contribution in [-0.4, -0.2) is 9.67 Å². The van der Waals surface area contributed by atoms with Crippen LogP contribution in [0.4, 0.5) is 0 Å². The Hall–Kier alpha value is -2.14. The van der Waals surface area contributed by atoms with Gasteiger partial charge in [0.15, 0.2) is 0 Å². The number of hydrogen-bond acceptors (Lipinski definition) is 2. The summed E-state index contributed by atoms with van der Waals surface area (Å²) in [5, 5.41) is 13.4. The molecule has 0 radical (unpaired) electrons. The van der Waals surface area contributed by atoms with Gasteiger partial charge in [0, 0.05) is 25.5 Å². The van der Waals surface area contributed by atoms with Gasteiger partial charge in [0.25, 0.3) is 0 Å². The molecule has 2 heterocycles. The van der Waals surface area contributed by atoms with E-state index in [9.17, 15) is 5.11 Å². The van der Waals surface area contributed by atoms with Gasteiger partial charge in [0.1, 0.15) is 0 Å². The number of aromatic nitrogens is 1. The summed E-state index contributed by atoms with van der Waals surface area (Å²) in [5.41, 5.74) is 3.33. The molecule has 0 spiro atoms. The van der Waals surface area contributed by atoms with E-state index in [1.165, 1.54) is 25.7 Å². The molecule has 4 heteroatoms. The third-order valence-electron chi connectivity index (χ3n) is 5.04. The second-order valence-corrected chi connectivity index (χ2v) is 9.32. The Morgan fingerprint density at radius 1 is 0.926 bits per heavy atom. The van der Waals surface area contributed by atoms with E-state index >= 15 is 0 Å². The molecule has 0 saturated carbocycles. The number of para-hydroxylation sites is 1. The molecule has 0 atom stereocenters. The Balaban J connectivity index is 2.02. The predicted octanol–water partition coefficient (Wildman–Crippen LogP) is 6.99. The van der Waals surface area contributed by atoms with Crippen molar-refractivity contribution in [2.75, 3.05) is 0 Å². The van der Waals surface area contributed by atoms with Gasteiger partial charge < -0.3 is 9.67 Å². The monoisotopic (exact) mass is 435 g/mol. The van der Waals surface area contributed by atoms with Gasteiger partial charge in [0.05, 0.1) is 27.0 Å². The molecule has 0 fully saturated rings. The van der Waals surface area contributed by atoms with E-state index in [-0.39, 0.29) is 0 Å². The first-order chi connectivity index (χ1) is 12.9. The van der Waals surface area contributed by atoms with Gasteiger partial charge in [-0.15, -0.1) is 11.3 Å². The van der Waals surface area contributed by atoms with Crippen LogP contribution in [0.2, 0.25) is 0 Å². The molecule has 0 bridgehead atoms. The highest BCUT2D eigenvalue weighted by Crippen LogP contribution is 2.43. The Morgan fingerprint density at radius 2 is 1.63 bits per heavy atom. The van der Waals surface area contributed by atoms with Crippen molar-refractivity contribution in [2.24, 2.45) is 0 Å². The molecule has 0 amide bonds. The van der Waals surface area contributed by atoms with Crippen LogP contribution in [0.1, 0.15) is 19.4 Å². The first-order valence-electron chi connectivity index (χ1n) is 8.88. The fourth-order valence-corrected chi connectivity index (χ4v) is 5.44. The summed E-state index contributed by atoms with van der Waals surface area (Å²) >= 11 is 5.40. The molecule has 0 unspecified atom stereocenters. The second kappa shape index (κ2) is 5.93. The molecule has 5 rings (SSSR count). The zero-order valence-corrected chi connectivity index (χ0v) is 17.4. The van der Waals surface area contributed by atoms with E-state index in [1.807, 2.05) is 37.3 Å². The van der Waals surface area contributed by atoms with Crippen LogP contribution in [0.15, 0.2) is 71.2 Å². The molecule has 134 valence electrons. The van der Waals surface area contributed by atoms with Gasteiger partial charge in [-0.3, -0.25) is 0 Å². The molecular formula is C23H18BrNOS. The summed E-state index contributed by atoms with van der Waals surface area (Å²) in [6.45, 7) is 3.68. The van der Waals surface area contributed by atoms with Crippen LogP contribution in [0.3, 0.4) is 0 Å². The number of hydrogen-bond donors (Lipinski definition) is 1. The van der Waals surface area contributed by atoms with E-state index in [0.717, 1.165) is 21.2 Å². The van der Waals surface area contributed by atoms with E-state index in [4.69, 9.17) is 0 Å². The fraction of sp³-hybridized carbons (Fsp3) is 0.130. The highest BCUT2D eigenvalue weighted by molar-refractivity contribution is 9.10. The van der Waals surface area contributed by atoms with Gasteiger partial charge in [0.2, 0.25) is 0 Å². The van der Waals surface area contributed by atoms with Crippen LogP contribution < -0.4 is 0 Å². The van der Waals surface area contributed by atoms with Crippen molar-refractivity contribution >= 4 is 58.5 Å². The van der Waals surface area contributed by atoms with Crippen LogP contribution in [0, 0.1) is 0 Å². The van der Waals surface area contributed by atoms with E-state index < -0.39 is 5.60 Å². The smallest absolute Gasteiger partial charge is 0.0861 e. The lowest BCUT2D eigenvalue weighted by molar-refractivity contribution is 0.0785. The molecule has 1 N–H and O–H groups in total. The van der Waals surface area contributed by atoms with Crippen molar-refractivity contribution in [1.82, 2.24) is 4.57 Å². The maximum atomic E-state index is 10.9. The van der Waals surface area contributed by atoms with Gasteiger partial charge in [-0.25, -0.2) is 0 Å². The molecule has 0 aliphatic rings. The topological polar surface area (TPSA) is 25.2 Å². The SMILES string of the molecule is CC(C)(O)c1cc(Br)ccc1-n1c2ccccc2c2sc3ccccc3c21. The number of thiophene rings is 1. The largest absolute Gasteiger partial charge is 0.386 e. The van der Waals surface area contributed by atoms with E-state index in [1.54, 1.807) is 0 Å². The van der Waals surface area contributed by atoms with E-state index in [0.29, 0.717) is 0 Å². The molecule has 0 saturated heterocycles. The Bertz CT molecular complexity index is 1320. The lowest BCUT2D eigenvalue weighted by atomic mass is 9.96. The summed E-state index contributed by atoms with van der Waals surface area (Å²) < 4.78 is 5.84. The predicted molar refractivity (Wildman–Crippen MR) is 119 cm³/mol. The highest BCUT2D eigenvalue weighted by Gasteiger charge is 2.25. The Labute approximate surface area is 169 Å². The molecule has 27 heavy (non-hydrogen) atoms. The number of rotatable bonds is 2. The third kappa shape index (κ3) is 2.55. The van der Waals surface area contributed by atoms with Crippen molar-refractivity contribution in [1.29, 1.82) is 0 Å². The molecule has 3 aromatic carbocycles. The van der Waals surface area contributed by atoms with Crippen LogP contribution in [0.5, 0.6) is 0 Å². The summed E-state index contributed by atoms with van der Waals surface area (Å²) in [6.07, 6.45) is 0. The number of benzene rings is 3. The summed E-state index contributed by atoms with van der Waals surface area (Å²) in [5.74, 6) is 0. The normalized spacial score (nSPS) is 12.4. The Kier molecular flexibility index (Phi) is 3.73. The average molecular weight is 436 g/mol. The standard InChI is InChI=1S/C23H18BrNOS/c1-23(2,26)17-13-14(24)11-12-19(17)25-18-9-5-3-7-15(18)22-21(25)16-8-4-6-10-20(16)27-22/h3-13,26H,1-2H3. The highest BCUT2D eigenvalue weighted by atomic mass is 79.9. The molecule has 0 aliphatic heterocycles. The molecule has 0 aliphatic carbocycles. The minimum absolute atomic E-state index is 0.898. The zero-order valence-electron chi connectivity index (χ0n) is 15.0. The summed E-state index contributed by atoms with van der Waals surface area (Å²) in [4.78, 5) is 0. The van der Waals surface area contributed by atoms with Crippen molar-refractivity contribution < 1.29 is 5.11 Å². The summed E-state index contributed by atoms with van der Waals surface area (Å²) in [6, 6.07) is 23.2. The maximum absolute atomic E-state index is 10.9. The first-order valence-corrected chi connectivity index (χ1v) is 10.5. The van der Waals surface area contributed by atoms with E-state index in [2.05, 4.69) is 75.1 Å². The van der Waals surface area contributed by atoms with Gasteiger partial charge >= 0.3 is 0 Å². The number of aliphatic hydroxyl groups is 1. The second-order valence-electron chi connectivity index (χ2n) is 7.35. The molecule has 5 aromatic rings. The minimum Gasteiger partial charge on any atom is -0.386 e. The fourth-order valence-electron chi connectivity index (χ4n) is 3.86. The maximum Gasteiger partial charge on any atom is 0.0861 e.